The van der Waals surface area contributed by atoms with E-state index in [9.17, 15) is 9.90 Å². The van der Waals surface area contributed by atoms with Gasteiger partial charge in [0.15, 0.2) is 0 Å². The zero-order chi connectivity index (χ0) is 15.4. The first-order chi connectivity index (χ1) is 9.99. The van der Waals surface area contributed by atoms with Gasteiger partial charge >= 0.3 is 5.97 Å². The molecule has 0 fully saturated rings. The SMILES string of the molecule is COC(=O)Cc1ccc(CNc2cc(C)c(O)cc2C)s1. The molecule has 0 amide bonds. The molecule has 2 rings (SSSR count). The summed E-state index contributed by atoms with van der Waals surface area (Å²) in [6.07, 6.45) is 0.318. The van der Waals surface area contributed by atoms with Crippen molar-refractivity contribution >= 4 is 23.0 Å². The third-order valence-corrected chi connectivity index (χ3v) is 4.34. The second-order valence-corrected chi connectivity index (χ2v) is 6.18. The van der Waals surface area contributed by atoms with E-state index in [2.05, 4.69) is 10.1 Å². The Hall–Kier alpha value is -2.01. The van der Waals surface area contributed by atoms with Crippen molar-refractivity contribution in [2.45, 2.75) is 26.8 Å². The predicted molar refractivity (Wildman–Crippen MR) is 84.9 cm³/mol. The van der Waals surface area contributed by atoms with Crippen LogP contribution in [0.1, 0.15) is 20.9 Å². The molecule has 0 aliphatic rings. The lowest BCUT2D eigenvalue weighted by atomic mass is 10.1. The fourth-order valence-corrected chi connectivity index (χ4v) is 2.94. The number of anilines is 1. The van der Waals surface area contributed by atoms with E-state index in [1.54, 1.807) is 17.4 Å². The lowest BCUT2D eigenvalue weighted by Gasteiger charge is -2.10. The maximum absolute atomic E-state index is 11.2. The highest BCUT2D eigenvalue weighted by Crippen LogP contribution is 2.26. The Balaban J connectivity index is 2.00. The fraction of sp³-hybridized carbons (Fsp3) is 0.312. The number of thiophene rings is 1. The highest BCUT2D eigenvalue weighted by molar-refractivity contribution is 7.12. The van der Waals surface area contributed by atoms with Gasteiger partial charge in [0, 0.05) is 22.0 Å². The second-order valence-electron chi connectivity index (χ2n) is 4.93. The van der Waals surface area contributed by atoms with Crippen LogP contribution >= 0.6 is 11.3 Å². The highest BCUT2D eigenvalue weighted by Gasteiger charge is 2.07. The average Bonchev–Trinajstić information content (AvgIpc) is 2.88. The van der Waals surface area contributed by atoms with Crippen molar-refractivity contribution in [2.75, 3.05) is 12.4 Å². The number of aryl methyl sites for hydroxylation is 2. The first kappa shape index (κ1) is 15.4. The van der Waals surface area contributed by atoms with Crippen LogP contribution in [0.4, 0.5) is 5.69 Å². The summed E-state index contributed by atoms with van der Waals surface area (Å²) < 4.78 is 4.66. The van der Waals surface area contributed by atoms with Crippen LogP contribution in [0.25, 0.3) is 0 Å². The van der Waals surface area contributed by atoms with Crippen LogP contribution in [0.3, 0.4) is 0 Å². The highest BCUT2D eigenvalue weighted by atomic mass is 32.1. The van der Waals surface area contributed by atoms with E-state index in [0.29, 0.717) is 18.7 Å². The Kier molecular flexibility index (Phi) is 4.85. The van der Waals surface area contributed by atoms with E-state index in [0.717, 1.165) is 26.6 Å². The number of hydrogen-bond acceptors (Lipinski definition) is 5. The molecule has 0 bridgehead atoms. The van der Waals surface area contributed by atoms with Gasteiger partial charge < -0.3 is 15.2 Å². The summed E-state index contributed by atoms with van der Waals surface area (Å²) in [7, 11) is 1.40. The van der Waals surface area contributed by atoms with E-state index in [1.165, 1.54) is 7.11 Å². The normalized spacial score (nSPS) is 10.4. The summed E-state index contributed by atoms with van der Waals surface area (Å²) in [5.41, 5.74) is 2.86. The molecule has 2 aromatic rings. The van der Waals surface area contributed by atoms with Crippen molar-refractivity contribution in [1.29, 1.82) is 0 Å². The van der Waals surface area contributed by atoms with Gasteiger partial charge in [-0.05, 0) is 49.2 Å². The molecule has 0 unspecified atom stereocenters. The van der Waals surface area contributed by atoms with Crippen molar-refractivity contribution in [3.05, 3.63) is 45.1 Å². The van der Waals surface area contributed by atoms with Crippen LogP contribution in [0, 0.1) is 13.8 Å². The summed E-state index contributed by atoms with van der Waals surface area (Å²) in [4.78, 5) is 13.4. The molecule has 5 heteroatoms. The number of rotatable bonds is 5. The molecule has 21 heavy (non-hydrogen) atoms. The first-order valence-electron chi connectivity index (χ1n) is 6.68. The minimum Gasteiger partial charge on any atom is -0.508 e. The summed E-state index contributed by atoms with van der Waals surface area (Å²) >= 11 is 1.60. The molecule has 0 saturated carbocycles. The topological polar surface area (TPSA) is 58.6 Å². The molecule has 1 aromatic carbocycles. The van der Waals surface area contributed by atoms with E-state index in [-0.39, 0.29) is 5.97 Å². The molecule has 2 N–H and O–H groups in total. The number of phenols is 1. The number of esters is 1. The smallest absolute Gasteiger partial charge is 0.310 e. The van der Waals surface area contributed by atoms with Crippen LogP contribution in [0.15, 0.2) is 24.3 Å². The number of benzene rings is 1. The average molecular weight is 305 g/mol. The number of hydrogen-bond donors (Lipinski definition) is 2. The van der Waals surface area contributed by atoms with Gasteiger partial charge in [0.05, 0.1) is 13.5 Å². The molecule has 0 atom stereocenters. The number of phenolic OH excluding ortho intramolecular Hbond substituents is 1. The van der Waals surface area contributed by atoms with E-state index >= 15 is 0 Å². The van der Waals surface area contributed by atoms with E-state index in [1.807, 2.05) is 32.0 Å². The predicted octanol–water partition coefficient (Wildman–Crippen LogP) is 3.40. The maximum Gasteiger partial charge on any atom is 0.310 e. The van der Waals surface area contributed by atoms with Crippen molar-refractivity contribution in [3.8, 4) is 5.75 Å². The number of carbonyl (C=O) groups is 1. The third kappa shape index (κ3) is 3.98. The molecule has 0 radical (unpaired) electrons. The van der Waals surface area contributed by atoms with Crippen molar-refractivity contribution in [3.63, 3.8) is 0 Å². The number of aromatic hydroxyl groups is 1. The molecule has 1 aromatic heterocycles. The van der Waals surface area contributed by atoms with Crippen LogP contribution in [0.5, 0.6) is 5.75 Å². The van der Waals surface area contributed by atoms with Gasteiger partial charge in [-0.25, -0.2) is 0 Å². The number of methoxy groups -OCH3 is 1. The van der Waals surface area contributed by atoms with E-state index < -0.39 is 0 Å². The number of nitrogens with one attached hydrogen (secondary N) is 1. The Bertz CT molecular complexity index is 649. The monoisotopic (exact) mass is 305 g/mol. The zero-order valence-electron chi connectivity index (χ0n) is 12.4. The second kappa shape index (κ2) is 6.63. The summed E-state index contributed by atoms with van der Waals surface area (Å²) in [6, 6.07) is 7.66. The molecule has 0 aliphatic carbocycles. The Morgan fingerprint density at radius 2 is 1.95 bits per heavy atom. The van der Waals surface area contributed by atoms with Crippen LogP contribution in [0.2, 0.25) is 0 Å². The van der Waals surface area contributed by atoms with Crippen LogP contribution in [-0.2, 0) is 22.5 Å². The van der Waals surface area contributed by atoms with Gasteiger partial charge in [0.1, 0.15) is 5.75 Å². The maximum atomic E-state index is 11.2. The molecular formula is C16H19NO3S. The number of carbonyl (C=O) groups excluding carboxylic acids is 1. The van der Waals surface area contributed by atoms with Gasteiger partial charge in [-0.15, -0.1) is 11.3 Å². The van der Waals surface area contributed by atoms with Crippen molar-refractivity contribution in [2.24, 2.45) is 0 Å². The van der Waals surface area contributed by atoms with Gasteiger partial charge in [-0.3, -0.25) is 4.79 Å². The van der Waals surface area contributed by atoms with Gasteiger partial charge in [0.2, 0.25) is 0 Å². The first-order valence-corrected chi connectivity index (χ1v) is 7.49. The lowest BCUT2D eigenvalue weighted by Crippen LogP contribution is -2.02. The summed E-state index contributed by atoms with van der Waals surface area (Å²) in [6.45, 7) is 4.52. The largest absolute Gasteiger partial charge is 0.508 e. The minimum atomic E-state index is -0.221. The summed E-state index contributed by atoms with van der Waals surface area (Å²) in [5, 5.41) is 13.0. The van der Waals surface area contributed by atoms with Gasteiger partial charge in [-0.1, -0.05) is 0 Å². The zero-order valence-corrected chi connectivity index (χ0v) is 13.2. The Labute approximate surface area is 128 Å². The van der Waals surface area contributed by atoms with E-state index in [4.69, 9.17) is 0 Å². The Morgan fingerprint density at radius 3 is 2.67 bits per heavy atom. The molecule has 0 aliphatic heterocycles. The van der Waals surface area contributed by atoms with Crippen molar-refractivity contribution in [1.82, 2.24) is 0 Å². The molecule has 0 saturated heterocycles. The van der Waals surface area contributed by atoms with Gasteiger partial charge in [-0.2, -0.15) is 0 Å². The molecule has 0 spiro atoms. The standard InChI is InChI=1S/C16H19NO3S/c1-10-7-15(18)11(2)6-14(10)17-9-13-5-4-12(21-13)8-16(19)20-3/h4-7,17-18H,8-9H2,1-3H3. The third-order valence-electron chi connectivity index (χ3n) is 3.26. The molecular weight excluding hydrogens is 286 g/mol. The van der Waals surface area contributed by atoms with Crippen LogP contribution < -0.4 is 5.32 Å². The molecule has 4 nitrogen and oxygen atoms in total. The molecule has 1 heterocycles. The van der Waals surface area contributed by atoms with Crippen LogP contribution in [-0.4, -0.2) is 18.2 Å². The minimum absolute atomic E-state index is 0.221. The quantitative estimate of drug-likeness (QED) is 0.656. The van der Waals surface area contributed by atoms with Gasteiger partial charge in [0.25, 0.3) is 0 Å². The van der Waals surface area contributed by atoms with Crippen molar-refractivity contribution < 1.29 is 14.6 Å². The lowest BCUT2D eigenvalue weighted by molar-refractivity contribution is -0.139. The Morgan fingerprint density at radius 1 is 1.24 bits per heavy atom. The summed E-state index contributed by atoms with van der Waals surface area (Å²) in [5.74, 6) is 0.0934. The molecule has 112 valence electrons. The number of ether oxygens (including phenoxy) is 1. The fourth-order valence-electron chi connectivity index (χ4n) is 2.00.